The van der Waals surface area contributed by atoms with Crippen molar-refractivity contribution in [3.8, 4) is 11.4 Å². The van der Waals surface area contributed by atoms with Crippen LogP contribution in [0.5, 0.6) is 0 Å². The number of hydrogen-bond acceptors (Lipinski definition) is 2. The first-order valence-electron chi connectivity index (χ1n) is 15.6. The van der Waals surface area contributed by atoms with E-state index in [1.165, 1.54) is 21.7 Å². The monoisotopic (exact) mass is 588 g/mol. The first-order valence-corrected chi connectivity index (χ1v) is 15.6. The molecule has 46 heavy (non-hydrogen) atoms. The van der Waals surface area contributed by atoms with Gasteiger partial charge in [0.1, 0.15) is 22.3 Å². The first kappa shape index (κ1) is 24.1. The number of fused-ring (bicyclic) bond motifs is 14. The van der Waals surface area contributed by atoms with Crippen molar-refractivity contribution in [2.24, 2.45) is 0 Å². The molecule has 0 N–H and O–H groups in total. The Hall–Kier alpha value is -6.26. The fraction of sp³-hybridized carbons (Fsp3) is 0. The summed E-state index contributed by atoms with van der Waals surface area (Å²) in [5.41, 5.74) is 10.5. The van der Waals surface area contributed by atoms with Crippen molar-refractivity contribution >= 4 is 87.5 Å². The van der Waals surface area contributed by atoms with E-state index in [2.05, 4.69) is 137 Å². The predicted molar refractivity (Wildman–Crippen MR) is 190 cm³/mol. The number of hydrogen-bond donors (Lipinski definition) is 0. The van der Waals surface area contributed by atoms with E-state index in [1.807, 2.05) is 18.2 Å². The van der Waals surface area contributed by atoms with Crippen molar-refractivity contribution in [2.75, 3.05) is 0 Å². The highest BCUT2D eigenvalue weighted by Gasteiger charge is 2.23. The molecule has 0 spiro atoms. The Morgan fingerprint density at radius 3 is 1.80 bits per heavy atom. The third-order valence-corrected chi connectivity index (χ3v) is 9.70. The van der Waals surface area contributed by atoms with Crippen LogP contribution >= 0.6 is 0 Å². The number of nitrogens with zero attached hydrogens (tertiary/aromatic N) is 2. The fourth-order valence-electron chi connectivity index (χ4n) is 7.80. The van der Waals surface area contributed by atoms with Crippen LogP contribution < -0.4 is 0 Å². The first-order chi connectivity index (χ1) is 22.8. The van der Waals surface area contributed by atoms with Gasteiger partial charge < -0.3 is 18.0 Å². The zero-order valence-electron chi connectivity index (χ0n) is 24.6. The van der Waals surface area contributed by atoms with Crippen LogP contribution in [0.4, 0.5) is 0 Å². The molecule has 0 aliphatic heterocycles. The highest BCUT2D eigenvalue weighted by molar-refractivity contribution is 6.31. The Morgan fingerprint density at radius 1 is 0.348 bits per heavy atom. The average Bonchev–Trinajstić information content (AvgIpc) is 3.85. The Morgan fingerprint density at radius 2 is 0.978 bits per heavy atom. The summed E-state index contributed by atoms with van der Waals surface area (Å²) in [6.07, 6.45) is 0. The third kappa shape index (κ3) is 3.03. The highest BCUT2D eigenvalue weighted by atomic mass is 16.3. The lowest BCUT2D eigenvalue weighted by Gasteiger charge is -2.10. The smallest absolute Gasteiger partial charge is 0.145 e. The second kappa shape index (κ2) is 8.68. The lowest BCUT2D eigenvalue weighted by atomic mass is 10.1. The standard InChI is InChI=1S/C42H24N2O2/c1-2-10-25(11-3-1)44-35-21-19-29-27-12-5-9-17-37(27)46-42(29)40(35)31-20-22-34-39(41(31)44)30-14-4-7-15-33(30)43(34)26-18-23-38-32(24-26)28-13-6-8-16-36(28)45-38/h1-24H. The minimum atomic E-state index is 0.896. The Balaban J connectivity index is 1.34. The van der Waals surface area contributed by atoms with Crippen molar-refractivity contribution in [1.29, 1.82) is 0 Å². The molecule has 0 aliphatic rings. The zero-order valence-corrected chi connectivity index (χ0v) is 24.6. The molecule has 0 saturated heterocycles. The van der Waals surface area contributed by atoms with Crippen molar-refractivity contribution in [2.45, 2.75) is 0 Å². The molecule has 0 aliphatic carbocycles. The van der Waals surface area contributed by atoms with E-state index >= 15 is 0 Å². The summed E-state index contributed by atoms with van der Waals surface area (Å²) in [5.74, 6) is 0. The second-order valence-electron chi connectivity index (χ2n) is 12.1. The van der Waals surface area contributed by atoms with Crippen LogP contribution in [0, 0.1) is 0 Å². The van der Waals surface area contributed by atoms with Crippen molar-refractivity contribution < 1.29 is 8.83 Å². The van der Waals surface area contributed by atoms with Crippen molar-refractivity contribution in [3.05, 3.63) is 146 Å². The second-order valence-corrected chi connectivity index (χ2v) is 12.1. The summed E-state index contributed by atoms with van der Waals surface area (Å²) in [5, 5.41) is 9.26. The van der Waals surface area contributed by atoms with Crippen LogP contribution in [0.25, 0.3) is 98.9 Å². The molecule has 4 heterocycles. The van der Waals surface area contributed by atoms with Gasteiger partial charge >= 0.3 is 0 Å². The largest absolute Gasteiger partial charge is 0.456 e. The molecule has 11 aromatic rings. The summed E-state index contributed by atoms with van der Waals surface area (Å²) in [6.45, 7) is 0. The van der Waals surface area contributed by atoms with Gasteiger partial charge in [0.2, 0.25) is 0 Å². The van der Waals surface area contributed by atoms with Gasteiger partial charge in [0.25, 0.3) is 0 Å². The van der Waals surface area contributed by atoms with E-state index in [9.17, 15) is 0 Å². The third-order valence-electron chi connectivity index (χ3n) is 9.70. The number of benzene rings is 7. The summed E-state index contributed by atoms with van der Waals surface area (Å²) in [6, 6.07) is 51.6. The van der Waals surface area contributed by atoms with Gasteiger partial charge in [0.05, 0.1) is 27.5 Å². The molecule has 4 heteroatoms. The van der Waals surface area contributed by atoms with Crippen LogP contribution in [-0.2, 0) is 0 Å². The van der Waals surface area contributed by atoms with Gasteiger partial charge in [-0.2, -0.15) is 0 Å². The maximum atomic E-state index is 6.64. The number of rotatable bonds is 2. The van der Waals surface area contributed by atoms with Gasteiger partial charge in [0, 0.05) is 49.1 Å². The molecule has 0 bridgehead atoms. The molecule has 0 saturated carbocycles. The van der Waals surface area contributed by atoms with Gasteiger partial charge in [0.15, 0.2) is 0 Å². The van der Waals surface area contributed by atoms with Crippen LogP contribution in [0.15, 0.2) is 154 Å². The van der Waals surface area contributed by atoms with E-state index in [0.29, 0.717) is 0 Å². The van der Waals surface area contributed by atoms with Crippen molar-refractivity contribution in [3.63, 3.8) is 0 Å². The van der Waals surface area contributed by atoms with Gasteiger partial charge in [-0.25, -0.2) is 0 Å². The normalized spacial score (nSPS) is 12.3. The molecule has 11 rings (SSSR count). The summed E-state index contributed by atoms with van der Waals surface area (Å²) < 4.78 is 17.6. The predicted octanol–water partition coefficient (Wildman–Crippen LogP) is 11.7. The molecule has 0 unspecified atom stereocenters. The molecule has 0 amide bonds. The minimum Gasteiger partial charge on any atom is -0.456 e. The number of para-hydroxylation sites is 4. The average molecular weight is 589 g/mol. The Bertz CT molecular complexity index is 3020. The number of furan rings is 2. The molecule has 4 aromatic heterocycles. The Labute approximate surface area is 261 Å². The maximum absolute atomic E-state index is 6.64. The van der Waals surface area contributed by atoms with E-state index in [-0.39, 0.29) is 0 Å². The van der Waals surface area contributed by atoms with Crippen LogP contribution in [0.3, 0.4) is 0 Å². The topological polar surface area (TPSA) is 36.1 Å². The highest BCUT2D eigenvalue weighted by Crippen LogP contribution is 2.45. The lowest BCUT2D eigenvalue weighted by Crippen LogP contribution is -1.95. The fourth-order valence-corrected chi connectivity index (χ4v) is 7.80. The SMILES string of the molecule is c1ccc(-n2c3ccc4c5ccccc5oc4c3c3ccc4c(c5ccccc5n4-c4ccc5oc6ccccc6c5c4)c32)cc1. The summed E-state index contributed by atoms with van der Waals surface area (Å²) in [4.78, 5) is 0. The maximum Gasteiger partial charge on any atom is 0.145 e. The minimum absolute atomic E-state index is 0.896. The van der Waals surface area contributed by atoms with E-state index in [1.54, 1.807) is 0 Å². The molecule has 0 fully saturated rings. The van der Waals surface area contributed by atoms with Crippen LogP contribution in [0.1, 0.15) is 0 Å². The molecule has 4 nitrogen and oxygen atoms in total. The molecule has 0 radical (unpaired) electrons. The van der Waals surface area contributed by atoms with Crippen LogP contribution in [-0.4, -0.2) is 9.13 Å². The lowest BCUT2D eigenvalue weighted by molar-refractivity contribution is 0.669. The molecular weight excluding hydrogens is 564 g/mol. The Kier molecular flexibility index (Phi) is 4.55. The van der Waals surface area contributed by atoms with E-state index in [0.717, 1.165) is 77.2 Å². The van der Waals surface area contributed by atoms with Gasteiger partial charge in [-0.05, 0) is 72.8 Å². The van der Waals surface area contributed by atoms with Crippen LogP contribution in [0.2, 0.25) is 0 Å². The van der Waals surface area contributed by atoms with E-state index in [4.69, 9.17) is 8.83 Å². The summed E-state index contributed by atoms with van der Waals surface area (Å²) >= 11 is 0. The molecule has 7 aromatic carbocycles. The molecule has 214 valence electrons. The quantitative estimate of drug-likeness (QED) is 0.201. The van der Waals surface area contributed by atoms with Crippen molar-refractivity contribution in [1.82, 2.24) is 9.13 Å². The number of aromatic nitrogens is 2. The van der Waals surface area contributed by atoms with Gasteiger partial charge in [-0.1, -0.05) is 72.8 Å². The zero-order chi connectivity index (χ0) is 29.9. The van der Waals surface area contributed by atoms with Gasteiger partial charge in [-0.15, -0.1) is 0 Å². The molecule has 0 atom stereocenters. The summed E-state index contributed by atoms with van der Waals surface area (Å²) in [7, 11) is 0. The molecular formula is C42H24N2O2. The van der Waals surface area contributed by atoms with E-state index < -0.39 is 0 Å². The van der Waals surface area contributed by atoms with Gasteiger partial charge in [-0.3, -0.25) is 0 Å².